The highest BCUT2D eigenvalue weighted by Gasteiger charge is 2.17. The molecule has 0 radical (unpaired) electrons. The van der Waals surface area contributed by atoms with Gasteiger partial charge in [-0.2, -0.15) is 0 Å². The highest BCUT2D eigenvalue weighted by molar-refractivity contribution is 9.10. The first kappa shape index (κ1) is 9.94. The van der Waals surface area contributed by atoms with Crippen LogP contribution in [0.15, 0.2) is 34.3 Å². The maximum atomic E-state index is 9.63. The second-order valence-electron chi connectivity index (χ2n) is 3.68. The van der Waals surface area contributed by atoms with Crippen molar-refractivity contribution >= 4 is 22.0 Å². The molecule has 0 bridgehead atoms. The maximum absolute atomic E-state index is 9.63. The molecule has 1 unspecified atom stereocenters. The van der Waals surface area contributed by atoms with Gasteiger partial charge in [0.1, 0.15) is 0 Å². The summed E-state index contributed by atoms with van der Waals surface area (Å²) in [6, 6.07) is 8.16. The van der Waals surface area contributed by atoms with E-state index in [0.29, 0.717) is 0 Å². The first-order valence-corrected chi connectivity index (χ1v) is 5.69. The summed E-state index contributed by atoms with van der Waals surface area (Å²) in [5.74, 6) is 0. The molecular weight excluding hydrogens is 240 g/mol. The zero-order valence-corrected chi connectivity index (χ0v) is 9.50. The lowest BCUT2D eigenvalue weighted by molar-refractivity contribution is 0.219. The Hall–Kier alpha value is -0.600. The molecule has 1 aromatic carbocycles. The van der Waals surface area contributed by atoms with Crippen LogP contribution in [0.5, 0.6) is 0 Å². The summed E-state index contributed by atoms with van der Waals surface area (Å²) in [6.45, 7) is 0. The molecule has 0 heterocycles. The first-order chi connectivity index (χ1) is 6.75. The average Bonchev–Trinajstić information content (AvgIpc) is 2.56. The summed E-state index contributed by atoms with van der Waals surface area (Å²) in [7, 11) is 0. The van der Waals surface area contributed by atoms with Crippen LogP contribution in [-0.2, 0) is 0 Å². The second-order valence-corrected chi connectivity index (χ2v) is 4.59. The van der Waals surface area contributed by atoms with Gasteiger partial charge in [-0.1, -0.05) is 34.1 Å². The van der Waals surface area contributed by atoms with Gasteiger partial charge in [0, 0.05) is 4.47 Å². The Balaban J connectivity index is 2.20. The molecule has 0 aliphatic heterocycles. The fraction of sp³-hybridized carbons (Fsp3) is 0.333. The van der Waals surface area contributed by atoms with Gasteiger partial charge in [-0.15, -0.1) is 0 Å². The predicted octanol–water partition coefficient (Wildman–Crippen LogP) is 3.38. The van der Waals surface area contributed by atoms with Crippen LogP contribution in [0.1, 0.15) is 24.8 Å². The molecule has 1 fully saturated rings. The van der Waals surface area contributed by atoms with Crippen molar-refractivity contribution in [1.29, 1.82) is 0 Å². The molecule has 14 heavy (non-hydrogen) atoms. The molecule has 2 heteroatoms. The van der Waals surface area contributed by atoms with Crippen LogP contribution in [-0.4, -0.2) is 11.2 Å². The monoisotopic (exact) mass is 252 g/mol. The van der Waals surface area contributed by atoms with Crippen molar-refractivity contribution in [3.8, 4) is 0 Å². The molecule has 1 aliphatic carbocycles. The number of hydrogen-bond acceptors (Lipinski definition) is 1. The molecule has 0 aromatic heterocycles. The number of halogens is 1. The summed E-state index contributed by atoms with van der Waals surface area (Å²) < 4.78 is 1.09. The molecule has 1 aromatic rings. The maximum Gasteiger partial charge on any atom is 0.0753 e. The van der Waals surface area contributed by atoms with E-state index >= 15 is 0 Å². The molecular formula is C12H13BrO. The van der Waals surface area contributed by atoms with E-state index in [1.165, 1.54) is 11.1 Å². The van der Waals surface area contributed by atoms with E-state index in [9.17, 15) is 5.11 Å². The predicted molar refractivity (Wildman–Crippen MR) is 62.0 cm³/mol. The Bertz CT molecular complexity index is 340. The van der Waals surface area contributed by atoms with Crippen molar-refractivity contribution in [2.24, 2.45) is 0 Å². The van der Waals surface area contributed by atoms with Gasteiger partial charge in [0.05, 0.1) is 6.10 Å². The Labute approximate surface area is 92.6 Å². The van der Waals surface area contributed by atoms with E-state index in [2.05, 4.69) is 34.1 Å². The van der Waals surface area contributed by atoms with E-state index in [4.69, 9.17) is 0 Å². The smallest absolute Gasteiger partial charge is 0.0753 e. The third kappa shape index (κ3) is 2.25. The summed E-state index contributed by atoms with van der Waals surface area (Å²) in [4.78, 5) is 0. The van der Waals surface area contributed by atoms with E-state index < -0.39 is 0 Å². The SMILES string of the molecule is OC1CCC/C1=C\c1ccc(Br)cc1. The van der Waals surface area contributed by atoms with Crippen LogP contribution >= 0.6 is 15.9 Å². The average molecular weight is 253 g/mol. The van der Waals surface area contributed by atoms with Crippen molar-refractivity contribution in [2.45, 2.75) is 25.4 Å². The topological polar surface area (TPSA) is 20.2 Å². The molecule has 1 N–H and O–H groups in total. The standard InChI is InChI=1S/C12H13BrO/c13-11-6-4-9(5-7-11)8-10-2-1-3-12(10)14/h4-8,12,14H,1-3H2/b10-8+. The van der Waals surface area contributed by atoms with Gasteiger partial charge in [0.15, 0.2) is 0 Å². The zero-order valence-electron chi connectivity index (χ0n) is 7.91. The van der Waals surface area contributed by atoms with Crippen molar-refractivity contribution in [3.05, 3.63) is 39.9 Å². The molecule has 0 amide bonds. The fourth-order valence-electron chi connectivity index (χ4n) is 1.79. The van der Waals surface area contributed by atoms with E-state index in [0.717, 1.165) is 23.7 Å². The van der Waals surface area contributed by atoms with Crippen molar-refractivity contribution in [2.75, 3.05) is 0 Å². The van der Waals surface area contributed by atoms with Crippen LogP contribution in [0.4, 0.5) is 0 Å². The van der Waals surface area contributed by atoms with Crippen molar-refractivity contribution < 1.29 is 5.11 Å². The lowest BCUT2D eigenvalue weighted by atomic mass is 10.1. The van der Waals surface area contributed by atoms with E-state index in [1.807, 2.05) is 12.1 Å². The lowest BCUT2D eigenvalue weighted by Gasteiger charge is -2.03. The van der Waals surface area contributed by atoms with Crippen LogP contribution in [0.25, 0.3) is 6.08 Å². The number of benzene rings is 1. The third-order valence-corrected chi connectivity index (χ3v) is 3.12. The molecule has 1 saturated carbocycles. The zero-order chi connectivity index (χ0) is 9.97. The lowest BCUT2D eigenvalue weighted by Crippen LogP contribution is -2.00. The van der Waals surface area contributed by atoms with Gasteiger partial charge in [-0.25, -0.2) is 0 Å². The minimum absolute atomic E-state index is 0.210. The second kappa shape index (κ2) is 4.28. The van der Waals surface area contributed by atoms with Gasteiger partial charge in [0.2, 0.25) is 0 Å². The highest BCUT2D eigenvalue weighted by Crippen LogP contribution is 2.26. The third-order valence-electron chi connectivity index (χ3n) is 2.59. The van der Waals surface area contributed by atoms with Crippen LogP contribution in [0, 0.1) is 0 Å². The van der Waals surface area contributed by atoms with E-state index in [1.54, 1.807) is 0 Å². The van der Waals surface area contributed by atoms with Crippen molar-refractivity contribution in [3.63, 3.8) is 0 Å². The molecule has 2 rings (SSSR count). The van der Waals surface area contributed by atoms with Gasteiger partial charge >= 0.3 is 0 Å². The molecule has 74 valence electrons. The summed E-state index contributed by atoms with van der Waals surface area (Å²) in [5.41, 5.74) is 2.34. The number of aliphatic hydroxyl groups excluding tert-OH is 1. The first-order valence-electron chi connectivity index (χ1n) is 4.90. The van der Waals surface area contributed by atoms with Gasteiger partial charge < -0.3 is 5.11 Å². The fourth-order valence-corrected chi connectivity index (χ4v) is 2.06. The van der Waals surface area contributed by atoms with E-state index in [-0.39, 0.29) is 6.10 Å². The molecule has 0 spiro atoms. The molecule has 1 aliphatic rings. The highest BCUT2D eigenvalue weighted by atomic mass is 79.9. The molecule has 1 nitrogen and oxygen atoms in total. The minimum atomic E-state index is -0.210. The van der Waals surface area contributed by atoms with Gasteiger partial charge in [-0.05, 0) is 42.5 Å². The Morgan fingerprint density at radius 1 is 1.29 bits per heavy atom. The minimum Gasteiger partial charge on any atom is -0.389 e. The quantitative estimate of drug-likeness (QED) is 0.813. The number of rotatable bonds is 1. The molecule has 0 saturated heterocycles. The van der Waals surface area contributed by atoms with Gasteiger partial charge in [0.25, 0.3) is 0 Å². The van der Waals surface area contributed by atoms with Crippen LogP contribution in [0.3, 0.4) is 0 Å². The number of aliphatic hydroxyl groups is 1. The Morgan fingerprint density at radius 2 is 2.00 bits per heavy atom. The molecule has 1 atom stereocenters. The Morgan fingerprint density at radius 3 is 2.57 bits per heavy atom. The Kier molecular flexibility index (Phi) is 3.04. The number of hydrogen-bond donors (Lipinski definition) is 1. The van der Waals surface area contributed by atoms with Crippen molar-refractivity contribution in [1.82, 2.24) is 0 Å². The summed E-state index contributed by atoms with van der Waals surface area (Å²) in [6.07, 6.45) is 4.96. The summed E-state index contributed by atoms with van der Waals surface area (Å²) in [5, 5.41) is 9.63. The normalized spacial score (nSPS) is 24.4. The summed E-state index contributed by atoms with van der Waals surface area (Å²) >= 11 is 3.40. The van der Waals surface area contributed by atoms with Crippen LogP contribution < -0.4 is 0 Å². The van der Waals surface area contributed by atoms with Crippen LogP contribution in [0.2, 0.25) is 0 Å². The largest absolute Gasteiger partial charge is 0.389 e. The van der Waals surface area contributed by atoms with Gasteiger partial charge in [-0.3, -0.25) is 0 Å².